The quantitative estimate of drug-likeness (QED) is 0.490. The fourth-order valence-electron chi connectivity index (χ4n) is 1.71. The molecule has 0 saturated carbocycles. The van der Waals surface area contributed by atoms with Crippen molar-refractivity contribution in [3.8, 4) is 5.88 Å². The second kappa shape index (κ2) is 5.00. The summed E-state index contributed by atoms with van der Waals surface area (Å²) in [5.41, 5.74) is 0.158. The van der Waals surface area contributed by atoms with Gasteiger partial charge in [0.25, 0.3) is 3.57 Å². The van der Waals surface area contributed by atoms with Gasteiger partial charge in [-0.1, -0.05) is 24.3 Å². The summed E-state index contributed by atoms with van der Waals surface area (Å²) in [6.45, 7) is 0. The molecule has 0 spiro atoms. The van der Waals surface area contributed by atoms with Crippen LogP contribution in [-0.2, 0) is 0 Å². The fourth-order valence-corrected chi connectivity index (χ4v) is 3.95. The first kappa shape index (κ1) is 12.2. The van der Waals surface area contributed by atoms with Gasteiger partial charge in [0.15, 0.2) is 3.57 Å². The van der Waals surface area contributed by atoms with Crippen molar-refractivity contribution in [3.63, 3.8) is 0 Å². The maximum Gasteiger partial charge on any atom is 0.365 e. The van der Waals surface area contributed by atoms with Crippen molar-refractivity contribution in [1.29, 1.82) is 0 Å². The van der Waals surface area contributed by atoms with E-state index < -0.39 is 27.1 Å². The molecule has 2 aromatic heterocycles. The zero-order valence-electron chi connectivity index (χ0n) is 9.79. The van der Waals surface area contributed by atoms with E-state index in [9.17, 15) is 9.90 Å². The lowest BCUT2D eigenvalue weighted by Crippen LogP contribution is -3.62. The first-order chi connectivity index (χ1) is 9.25. The number of halogens is 1. The van der Waals surface area contributed by atoms with Gasteiger partial charge in [-0.15, -0.1) is 0 Å². The third kappa shape index (κ3) is 2.33. The standard InChI is InChI=1S/C14H9IN2O2/c18-13-12(15-10-6-2-1-3-7-10)14(19)17-9-5-4-8-11(17)16-13/h1-9H. The normalized spacial score (nSPS) is 10.7. The van der Waals surface area contributed by atoms with E-state index in [0.717, 1.165) is 3.57 Å². The van der Waals surface area contributed by atoms with Gasteiger partial charge in [0.1, 0.15) is 5.65 Å². The molecule has 0 aliphatic rings. The highest BCUT2D eigenvalue weighted by molar-refractivity contribution is 5.38. The second-order valence-corrected chi connectivity index (χ2v) is 6.72. The van der Waals surface area contributed by atoms with Gasteiger partial charge < -0.3 is 5.11 Å². The van der Waals surface area contributed by atoms with Crippen LogP contribution >= 0.6 is 0 Å². The van der Waals surface area contributed by atoms with Gasteiger partial charge in [0.05, 0.1) is 5.88 Å². The molecule has 0 bridgehead atoms. The van der Waals surface area contributed by atoms with Crippen molar-refractivity contribution in [1.82, 2.24) is 9.38 Å². The first-order valence-electron chi connectivity index (χ1n) is 5.64. The van der Waals surface area contributed by atoms with E-state index in [1.165, 1.54) is 4.40 Å². The van der Waals surface area contributed by atoms with E-state index in [1.54, 1.807) is 24.4 Å². The Balaban J connectivity index is 2.16. The fraction of sp³-hybridized carbons (Fsp3) is 0. The van der Waals surface area contributed by atoms with E-state index in [2.05, 4.69) is 4.98 Å². The van der Waals surface area contributed by atoms with Gasteiger partial charge in [-0.25, -0.2) is 4.98 Å². The molecule has 0 radical (unpaired) electrons. The number of benzene rings is 1. The molecule has 0 amide bonds. The number of fused-ring (bicyclic) bond motifs is 1. The SMILES string of the molecule is O=c1c([I+]c2ccccc2)c([O-])nc2ccccn12. The van der Waals surface area contributed by atoms with Gasteiger partial charge in [0.2, 0.25) is 0 Å². The molecule has 0 unspecified atom stereocenters. The number of hydrogen-bond acceptors (Lipinski definition) is 3. The lowest BCUT2D eigenvalue weighted by atomic mass is 10.4. The molecule has 0 fully saturated rings. The molecule has 2 heterocycles. The molecular weight excluding hydrogens is 355 g/mol. The van der Waals surface area contributed by atoms with Crippen LogP contribution in [0.5, 0.6) is 5.88 Å². The molecular formula is C14H9IN2O2. The Labute approximate surface area is 119 Å². The summed E-state index contributed by atoms with van der Waals surface area (Å²) >= 11 is -0.798. The minimum atomic E-state index is -0.798. The summed E-state index contributed by atoms with van der Waals surface area (Å²) in [5, 5.41) is 12.0. The highest BCUT2D eigenvalue weighted by atomic mass is 127. The van der Waals surface area contributed by atoms with Crippen molar-refractivity contribution in [2.45, 2.75) is 0 Å². The summed E-state index contributed by atoms with van der Waals surface area (Å²) in [4.78, 5) is 16.3. The van der Waals surface area contributed by atoms with Crippen LogP contribution in [0.2, 0.25) is 0 Å². The molecule has 0 atom stereocenters. The predicted molar refractivity (Wildman–Crippen MR) is 64.7 cm³/mol. The lowest BCUT2D eigenvalue weighted by Gasteiger charge is -2.05. The van der Waals surface area contributed by atoms with Crippen molar-refractivity contribution < 1.29 is 26.3 Å². The summed E-state index contributed by atoms with van der Waals surface area (Å²) in [6.07, 6.45) is 1.64. The maximum atomic E-state index is 12.3. The minimum absolute atomic E-state index is 0.243. The zero-order chi connectivity index (χ0) is 13.2. The Hall–Kier alpha value is -1.89. The maximum absolute atomic E-state index is 12.3. The highest BCUT2D eigenvalue weighted by Crippen LogP contribution is 2.00. The van der Waals surface area contributed by atoms with Crippen molar-refractivity contribution in [3.05, 3.63) is 72.2 Å². The molecule has 0 N–H and O–H groups in total. The number of hydrogen-bond donors (Lipinski definition) is 0. The molecule has 3 rings (SSSR count). The topological polar surface area (TPSA) is 57.4 Å². The van der Waals surface area contributed by atoms with E-state index in [1.807, 2.05) is 30.3 Å². The molecule has 0 aliphatic carbocycles. The third-order valence-corrected chi connectivity index (χ3v) is 5.39. The first-order valence-corrected chi connectivity index (χ1v) is 7.80. The van der Waals surface area contributed by atoms with Crippen molar-refractivity contribution in [2.75, 3.05) is 0 Å². The number of rotatable bonds is 2. The molecule has 4 nitrogen and oxygen atoms in total. The molecule has 94 valence electrons. The highest BCUT2D eigenvalue weighted by Gasteiger charge is 2.22. The number of nitrogens with zero attached hydrogens (tertiary/aromatic N) is 2. The van der Waals surface area contributed by atoms with Gasteiger partial charge in [-0.3, -0.25) is 9.20 Å². The Morgan fingerprint density at radius 2 is 1.79 bits per heavy atom. The van der Waals surface area contributed by atoms with Crippen LogP contribution < -0.4 is 31.9 Å². The van der Waals surface area contributed by atoms with Crippen LogP contribution in [0.15, 0.2) is 59.5 Å². The van der Waals surface area contributed by atoms with E-state index in [-0.39, 0.29) is 5.56 Å². The van der Waals surface area contributed by atoms with E-state index in [0.29, 0.717) is 9.22 Å². The van der Waals surface area contributed by atoms with Gasteiger partial charge >= 0.3 is 26.8 Å². The number of pyridine rings is 1. The van der Waals surface area contributed by atoms with Gasteiger partial charge in [-0.2, -0.15) is 0 Å². The average Bonchev–Trinajstić information content (AvgIpc) is 2.45. The summed E-state index contributed by atoms with van der Waals surface area (Å²) in [6, 6.07) is 14.8. The predicted octanol–water partition coefficient (Wildman–Crippen LogP) is -2.10. The minimum Gasteiger partial charge on any atom is -0.855 e. The largest absolute Gasteiger partial charge is 0.855 e. The van der Waals surface area contributed by atoms with Crippen LogP contribution in [0.1, 0.15) is 0 Å². The Morgan fingerprint density at radius 3 is 2.58 bits per heavy atom. The molecule has 1 aromatic carbocycles. The molecule has 0 saturated heterocycles. The molecule has 5 heteroatoms. The van der Waals surface area contributed by atoms with Gasteiger partial charge in [0, 0.05) is 6.20 Å². The third-order valence-electron chi connectivity index (χ3n) is 2.59. The Morgan fingerprint density at radius 1 is 1.05 bits per heavy atom. The summed E-state index contributed by atoms with van der Waals surface area (Å²) in [5.74, 6) is -0.396. The van der Waals surface area contributed by atoms with Crippen LogP contribution in [0.4, 0.5) is 0 Å². The molecule has 3 aromatic rings. The van der Waals surface area contributed by atoms with Crippen LogP contribution in [0.25, 0.3) is 5.65 Å². The van der Waals surface area contributed by atoms with Crippen LogP contribution in [0, 0.1) is 7.14 Å². The second-order valence-electron chi connectivity index (χ2n) is 3.85. The Kier molecular flexibility index (Phi) is 3.20. The molecule has 19 heavy (non-hydrogen) atoms. The summed E-state index contributed by atoms with van der Waals surface area (Å²) in [7, 11) is 0. The smallest absolute Gasteiger partial charge is 0.365 e. The molecule has 0 aliphatic heterocycles. The Bertz CT molecular complexity index is 784. The average molecular weight is 364 g/mol. The van der Waals surface area contributed by atoms with E-state index >= 15 is 0 Å². The van der Waals surface area contributed by atoms with Gasteiger partial charge in [-0.05, 0) is 24.3 Å². The summed E-state index contributed by atoms with van der Waals surface area (Å²) < 4.78 is 2.78. The van der Waals surface area contributed by atoms with Crippen molar-refractivity contribution in [2.24, 2.45) is 0 Å². The van der Waals surface area contributed by atoms with Crippen molar-refractivity contribution >= 4 is 5.65 Å². The lowest BCUT2D eigenvalue weighted by molar-refractivity contribution is -0.606. The van der Waals surface area contributed by atoms with Crippen LogP contribution in [-0.4, -0.2) is 9.38 Å². The monoisotopic (exact) mass is 364 g/mol. The zero-order valence-corrected chi connectivity index (χ0v) is 11.9. The number of aromatic nitrogens is 2. The van der Waals surface area contributed by atoms with E-state index in [4.69, 9.17) is 0 Å². The van der Waals surface area contributed by atoms with Crippen LogP contribution in [0.3, 0.4) is 0 Å².